The van der Waals surface area contributed by atoms with E-state index >= 15 is 0 Å². The summed E-state index contributed by atoms with van der Waals surface area (Å²) in [5.41, 5.74) is -0.412. The van der Waals surface area contributed by atoms with Gasteiger partial charge in [-0.2, -0.15) is 0 Å². The molecule has 0 fully saturated rings. The summed E-state index contributed by atoms with van der Waals surface area (Å²) in [6.45, 7) is 0. The second-order valence-corrected chi connectivity index (χ2v) is 2.42. The third-order valence-corrected chi connectivity index (χ3v) is 1.40. The van der Waals surface area contributed by atoms with E-state index in [9.17, 15) is 14.7 Å². The van der Waals surface area contributed by atoms with Crippen LogP contribution in [-0.2, 0) is 0 Å². The maximum atomic E-state index is 10.3. The van der Waals surface area contributed by atoms with E-state index in [-0.39, 0.29) is 11.4 Å². The van der Waals surface area contributed by atoms with Crippen molar-refractivity contribution >= 4 is 23.6 Å². The lowest BCUT2D eigenvalue weighted by Crippen LogP contribution is -2.13. The Kier molecular flexibility index (Phi) is 2.91. The average Bonchev–Trinajstić information content (AvgIpc) is 2.09. The molecule has 5 N–H and O–H groups in total. The fraction of sp³-hybridized carbons (Fsp3) is 0. The van der Waals surface area contributed by atoms with Gasteiger partial charge >= 0.3 is 12.2 Å². The van der Waals surface area contributed by atoms with Crippen molar-refractivity contribution in [3.63, 3.8) is 0 Å². The van der Waals surface area contributed by atoms with Crippen LogP contribution in [0.2, 0.25) is 0 Å². The predicted octanol–water partition coefficient (Wildman–Crippen LogP) is 0.967. The Labute approximate surface area is 83.2 Å². The molecule has 2 amide bonds. The summed E-state index contributed by atoms with van der Waals surface area (Å²) in [4.78, 5) is 24.1. The van der Waals surface area contributed by atoms with Crippen LogP contribution in [0.4, 0.5) is 21.0 Å². The minimum Gasteiger partial charge on any atom is -0.492 e. The van der Waals surface area contributed by atoms with Crippen LogP contribution in [-0.4, -0.2) is 32.5 Å². The number of nitrogens with zero attached hydrogens (tertiary/aromatic N) is 1. The Balaban J connectivity index is 3.08. The summed E-state index contributed by atoms with van der Waals surface area (Å²) in [5.74, 6) is -0.608. The van der Waals surface area contributed by atoms with Crippen LogP contribution in [0.3, 0.4) is 0 Å². The molecule has 0 aliphatic heterocycles. The molecule has 0 spiro atoms. The maximum absolute atomic E-state index is 10.3. The van der Waals surface area contributed by atoms with Crippen LogP contribution in [0, 0.1) is 0 Å². The molecule has 1 rings (SSSR count). The summed E-state index contributed by atoms with van der Waals surface area (Å²) < 4.78 is 0. The number of hydrogen-bond donors (Lipinski definition) is 5. The Morgan fingerprint density at radius 3 is 2.33 bits per heavy atom. The fourth-order valence-corrected chi connectivity index (χ4v) is 0.900. The summed E-state index contributed by atoms with van der Waals surface area (Å²) >= 11 is 0. The maximum Gasteiger partial charge on any atom is 0.409 e. The second kappa shape index (κ2) is 4.13. The van der Waals surface area contributed by atoms with Crippen molar-refractivity contribution in [3.05, 3.63) is 12.3 Å². The molecule has 8 heteroatoms. The van der Waals surface area contributed by atoms with Gasteiger partial charge in [-0.3, -0.25) is 10.6 Å². The van der Waals surface area contributed by atoms with Crippen molar-refractivity contribution in [1.82, 2.24) is 4.98 Å². The number of carbonyl (C=O) groups is 2. The smallest absolute Gasteiger partial charge is 0.409 e. The van der Waals surface area contributed by atoms with Crippen molar-refractivity contribution in [2.24, 2.45) is 0 Å². The van der Waals surface area contributed by atoms with E-state index in [1.54, 1.807) is 0 Å². The van der Waals surface area contributed by atoms with Crippen LogP contribution in [0.25, 0.3) is 0 Å². The van der Waals surface area contributed by atoms with E-state index in [4.69, 9.17) is 10.2 Å². The molecule has 0 aliphatic carbocycles. The SMILES string of the molecule is O=C(O)Nc1ccnc(O)c1NC(=O)O. The first-order chi connectivity index (χ1) is 7.00. The number of aromatic hydroxyl groups is 1. The molecule has 1 aromatic heterocycles. The van der Waals surface area contributed by atoms with E-state index in [0.29, 0.717) is 0 Å². The molecule has 1 heterocycles. The first-order valence-electron chi connectivity index (χ1n) is 3.68. The van der Waals surface area contributed by atoms with Gasteiger partial charge in [0.1, 0.15) is 5.69 Å². The second-order valence-electron chi connectivity index (χ2n) is 2.42. The number of amides is 2. The van der Waals surface area contributed by atoms with Gasteiger partial charge in [0.05, 0.1) is 5.69 Å². The molecule has 15 heavy (non-hydrogen) atoms. The highest BCUT2D eigenvalue weighted by atomic mass is 16.4. The first-order valence-corrected chi connectivity index (χ1v) is 3.68. The van der Waals surface area contributed by atoms with Gasteiger partial charge < -0.3 is 15.3 Å². The molecule has 0 radical (unpaired) electrons. The number of nitrogens with one attached hydrogen (secondary N) is 2. The largest absolute Gasteiger partial charge is 0.492 e. The molecule has 8 nitrogen and oxygen atoms in total. The van der Waals surface area contributed by atoms with Crippen LogP contribution in [0.1, 0.15) is 0 Å². The van der Waals surface area contributed by atoms with E-state index < -0.39 is 18.1 Å². The lowest BCUT2D eigenvalue weighted by atomic mass is 10.3. The fourth-order valence-electron chi connectivity index (χ4n) is 0.900. The minimum absolute atomic E-state index is 0.0996. The number of hydrogen-bond acceptors (Lipinski definition) is 4. The number of anilines is 2. The minimum atomic E-state index is -1.44. The molecule has 0 unspecified atom stereocenters. The monoisotopic (exact) mass is 213 g/mol. The van der Waals surface area contributed by atoms with Crippen LogP contribution in [0.5, 0.6) is 5.88 Å². The summed E-state index contributed by atoms with van der Waals surface area (Å²) in [6, 6.07) is 1.21. The summed E-state index contributed by atoms with van der Waals surface area (Å²) in [6.07, 6.45) is -1.69. The average molecular weight is 213 g/mol. The third kappa shape index (κ3) is 2.72. The zero-order valence-electron chi connectivity index (χ0n) is 7.26. The molecule has 1 aromatic rings. The van der Waals surface area contributed by atoms with Gasteiger partial charge in [-0.1, -0.05) is 0 Å². The van der Waals surface area contributed by atoms with E-state index in [1.165, 1.54) is 6.07 Å². The zero-order chi connectivity index (χ0) is 11.4. The Bertz CT molecular complexity index is 406. The quantitative estimate of drug-likeness (QED) is 0.497. The molecular formula is C7H7N3O5. The highest BCUT2D eigenvalue weighted by Crippen LogP contribution is 2.28. The van der Waals surface area contributed by atoms with Crippen molar-refractivity contribution in [1.29, 1.82) is 0 Å². The lowest BCUT2D eigenvalue weighted by Gasteiger charge is -2.08. The van der Waals surface area contributed by atoms with Crippen LogP contribution < -0.4 is 10.6 Å². The van der Waals surface area contributed by atoms with Gasteiger partial charge in [0.2, 0.25) is 5.88 Å². The number of rotatable bonds is 2. The molecular weight excluding hydrogens is 206 g/mol. The molecule has 0 aromatic carbocycles. The van der Waals surface area contributed by atoms with Gasteiger partial charge in [0.15, 0.2) is 0 Å². The van der Waals surface area contributed by atoms with Crippen molar-refractivity contribution in [2.45, 2.75) is 0 Å². The zero-order valence-corrected chi connectivity index (χ0v) is 7.26. The van der Waals surface area contributed by atoms with Crippen molar-refractivity contribution < 1.29 is 24.9 Å². The van der Waals surface area contributed by atoms with E-state index in [1.807, 2.05) is 10.6 Å². The van der Waals surface area contributed by atoms with Crippen molar-refractivity contribution in [3.8, 4) is 5.88 Å². The molecule has 0 aliphatic rings. The standard InChI is InChI=1S/C7H7N3O5/c11-5-4(10-7(14)15)3(1-2-8-5)9-6(12)13/h1-2,10H,(H,12,13)(H,14,15)(H2,8,9,11). The number of carboxylic acid groups (broad SMARTS) is 2. The van der Waals surface area contributed by atoms with Crippen LogP contribution >= 0.6 is 0 Å². The van der Waals surface area contributed by atoms with Gasteiger partial charge in [-0.05, 0) is 6.07 Å². The Morgan fingerprint density at radius 2 is 1.80 bits per heavy atom. The first kappa shape index (κ1) is 10.6. The van der Waals surface area contributed by atoms with Gasteiger partial charge in [0.25, 0.3) is 0 Å². The Hall–Kier alpha value is -2.51. The molecule has 0 saturated carbocycles. The van der Waals surface area contributed by atoms with E-state index in [2.05, 4.69) is 4.98 Å². The highest BCUT2D eigenvalue weighted by molar-refractivity contribution is 5.95. The van der Waals surface area contributed by atoms with E-state index in [0.717, 1.165) is 6.20 Å². The normalized spacial score (nSPS) is 9.33. The van der Waals surface area contributed by atoms with Gasteiger partial charge in [-0.15, -0.1) is 0 Å². The van der Waals surface area contributed by atoms with Crippen LogP contribution in [0.15, 0.2) is 12.3 Å². The Morgan fingerprint density at radius 1 is 1.20 bits per heavy atom. The topological polar surface area (TPSA) is 132 Å². The molecule has 0 saturated heterocycles. The number of aromatic nitrogens is 1. The molecule has 0 atom stereocenters. The summed E-state index contributed by atoms with van der Waals surface area (Å²) in [7, 11) is 0. The summed E-state index contributed by atoms with van der Waals surface area (Å²) in [5, 5.41) is 29.8. The van der Waals surface area contributed by atoms with Gasteiger partial charge in [-0.25, -0.2) is 14.6 Å². The lowest BCUT2D eigenvalue weighted by molar-refractivity contribution is 0.208. The van der Waals surface area contributed by atoms with Crippen molar-refractivity contribution in [2.75, 3.05) is 10.6 Å². The predicted molar refractivity (Wildman–Crippen MR) is 49.2 cm³/mol. The highest BCUT2D eigenvalue weighted by Gasteiger charge is 2.12. The molecule has 0 bridgehead atoms. The molecule has 80 valence electrons. The number of pyridine rings is 1. The third-order valence-electron chi connectivity index (χ3n) is 1.40. The van der Waals surface area contributed by atoms with Gasteiger partial charge in [0, 0.05) is 6.20 Å².